The van der Waals surface area contributed by atoms with Crippen molar-refractivity contribution < 1.29 is 9.84 Å². The van der Waals surface area contributed by atoms with Gasteiger partial charge in [-0.25, -0.2) is 15.0 Å². The van der Waals surface area contributed by atoms with Gasteiger partial charge in [0.2, 0.25) is 5.95 Å². The lowest BCUT2D eigenvalue weighted by Crippen LogP contribution is -2.26. The summed E-state index contributed by atoms with van der Waals surface area (Å²) >= 11 is 0. The number of nitrogens with zero attached hydrogens (tertiary/aromatic N) is 3. The standard InChI is InChI=1S/C21H21N5O2/c27-14-5-7-15(8-6-14)28-20-3-1-2-17-16(20)11-22-21(26-17)25-13-4-9-18-19(10-13)24-12-23-18/h1-4,9-12,14-15,27H,5-8H2,(H,23,24)(H,22,25,26). The van der Waals surface area contributed by atoms with Crippen LogP contribution in [0.2, 0.25) is 0 Å². The van der Waals surface area contributed by atoms with Gasteiger partial charge in [-0.05, 0) is 56.0 Å². The highest BCUT2D eigenvalue weighted by Crippen LogP contribution is 2.29. The highest BCUT2D eigenvalue weighted by Gasteiger charge is 2.21. The quantitative estimate of drug-likeness (QED) is 0.500. The predicted molar refractivity (Wildman–Crippen MR) is 108 cm³/mol. The molecule has 0 amide bonds. The van der Waals surface area contributed by atoms with Crippen LogP contribution in [0.15, 0.2) is 48.9 Å². The molecule has 0 bridgehead atoms. The Hall–Kier alpha value is -3.19. The third kappa shape index (κ3) is 3.36. The number of hydrogen-bond acceptors (Lipinski definition) is 6. The van der Waals surface area contributed by atoms with E-state index in [1.165, 1.54) is 0 Å². The molecule has 2 aromatic heterocycles. The molecule has 0 radical (unpaired) electrons. The second-order valence-electron chi connectivity index (χ2n) is 7.19. The Balaban J connectivity index is 1.38. The molecule has 0 atom stereocenters. The topological polar surface area (TPSA) is 96.0 Å². The van der Waals surface area contributed by atoms with Crippen LogP contribution in [-0.4, -0.2) is 37.3 Å². The number of ether oxygens (including phenoxy) is 1. The molecule has 142 valence electrons. The summed E-state index contributed by atoms with van der Waals surface area (Å²) in [6.45, 7) is 0. The van der Waals surface area contributed by atoms with Crippen molar-refractivity contribution >= 4 is 33.6 Å². The summed E-state index contributed by atoms with van der Waals surface area (Å²) < 4.78 is 6.19. The number of nitrogens with one attached hydrogen (secondary N) is 2. The molecule has 2 heterocycles. The highest BCUT2D eigenvalue weighted by atomic mass is 16.5. The number of aliphatic hydroxyl groups is 1. The maximum Gasteiger partial charge on any atom is 0.227 e. The minimum Gasteiger partial charge on any atom is -0.490 e. The van der Waals surface area contributed by atoms with Gasteiger partial charge in [-0.15, -0.1) is 0 Å². The van der Waals surface area contributed by atoms with Crippen LogP contribution >= 0.6 is 0 Å². The number of rotatable bonds is 4. The van der Waals surface area contributed by atoms with Crippen LogP contribution in [0.5, 0.6) is 5.75 Å². The van der Waals surface area contributed by atoms with Crippen LogP contribution in [0.4, 0.5) is 11.6 Å². The van der Waals surface area contributed by atoms with Gasteiger partial charge in [0, 0.05) is 11.9 Å². The first-order valence-corrected chi connectivity index (χ1v) is 9.55. The van der Waals surface area contributed by atoms with Gasteiger partial charge in [-0.3, -0.25) is 0 Å². The Morgan fingerprint density at radius 3 is 2.82 bits per heavy atom. The molecule has 5 rings (SSSR count). The first-order chi connectivity index (χ1) is 13.7. The molecule has 1 fully saturated rings. The first-order valence-electron chi connectivity index (χ1n) is 9.55. The van der Waals surface area contributed by atoms with Crippen LogP contribution in [0.3, 0.4) is 0 Å². The van der Waals surface area contributed by atoms with Gasteiger partial charge in [-0.1, -0.05) is 6.07 Å². The molecular formula is C21H21N5O2. The zero-order chi connectivity index (χ0) is 18.9. The molecular weight excluding hydrogens is 354 g/mol. The van der Waals surface area contributed by atoms with E-state index < -0.39 is 0 Å². The normalized spacial score (nSPS) is 19.8. The SMILES string of the molecule is OC1CCC(Oc2cccc3nc(Nc4ccc5nc[nH]c5c4)ncc23)CC1. The molecule has 3 N–H and O–H groups in total. The third-order valence-electron chi connectivity index (χ3n) is 5.20. The maximum absolute atomic E-state index is 9.67. The minimum absolute atomic E-state index is 0.132. The number of aromatic nitrogens is 4. The molecule has 1 aliphatic carbocycles. The van der Waals surface area contributed by atoms with Crippen LogP contribution in [-0.2, 0) is 0 Å². The van der Waals surface area contributed by atoms with Crippen LogP contribution in [0.25, 0.3) is 21.9 Å². The molecule has 0 unspecified atom stereocenters. The molecule has 2 aromatic carbocycles. The average Bonchev–Trinajstić information content (AvgIpc) is 3.18. The molecule has 7 nitrogen and oxygen atoms in total. The smallest absolute Gasteiger partial charge is 0.227 e. The van der Waals surface area contributed by atoms with Gasteiger partial charge in [-0.2, -0.15) is 0 Å². The van der Waals surface area contributed by atoms with Crippen LogP contribution < -0.4 is 10.1 Å². The largest absolute Gasteiger partial charge is 0.490 e. The Labute approximate surface area is 161 Å². The van der Waals surface area contributed by atoms with Crippen molar-refractivity contribution in [1.29, 1.82) is 0 Å². The van der Waals surface area contributed by atoms with E-state index in [1.807, 2.05) is 36.4 Å². The number of aliphatic hydroxyl groups excluding tert-OH is 1. The fourth-order valence-corrected chi connectivity index (χ4v) is 3.68. The fraction of sp³-hybridized carbons (Fsp3) is 0.286. The third-order valence-corrected chi connectivity index (χ3v) is 5.20. The zero-order valence-electron chi connectivity index (χ0n) is 15.3. The molecule has 0 aliphatic heterocycles. The van der Waals surface area contributed by atoms with Gasteiger partial charge in [0.15, 0.2) is 0 Å². The Morgan fingerprint density at radius 1 is 1.04 bits per heavy atom. The summed E-state index contributed by atoms with van der Waals surface area (Å²) in [6, 6.07) is 11.7. The van der Waals surface area contributed by atoms with Gasteiger partial charge in [0.05, 0.1) is 40.5 Å². The molecule has 4 aromatic rings. The molecule has 28 heavy (non-hydrogen) atoms. The maximum atomic E-state index is 9.67. The van der Waals surface area contributed by atoms with Crippen molar-refractivity contribution in [1.82, 2.24) is 19.9 Å². The zero-order valence-corrected chi connectivity index (χ0v) is 15.3. The first kappa shape index (κ1) is 16.9. The molecule has 1 aliphatic rings. The van der Waals surface area contributed by atoms with Crippen LogP contribution in [0.1, 0.15) is 25.7 Å². The van der Waals surface area contributed by atoms with Crippen molar-refractivity contribution in [2.75, 3.05) is 5.32 Å². The van der Waals surface area contributed by atoms with Crippen LogP contribution in [0, 0.1) is 0 Å². The van der Waals surface area contributed by atoms with Gasteiger partial charge >= 0.3 is 0 Å². The van der Waals surface area contributed by atoms with Gasteiger partial charge < -0.3 is 20.1 Å². The van der Waals surface area contributed by atoms with Crippen molar-refractivity contribution in [3.63, 3.8) is 0 Å². The van der Waals surface area contributed by atoms with E-state index in [-0.39, 0.29) is 12.2 Å². The number of benzene rings is 2. The van der Waals surface area contributed by atoms with Gasteiger partial charge in [0.1, 0.15) is 5.75 Å². The van der Waals surface area contributed by atoms with Crippen molar-refractivity contribution in [3.8, 4) is 5.75 Å². The minimum atomic E-state index is -0.190. The summed E-state index contributed by atoms with van der Waals surface area (Å²) in [7, 11) is 0. The lowest BCUT2D eigenvalue weighted by atomic mass is 9.95. The molecule has 0 spiro atoms. The monoisotopic (exact) mass is 375 g/mol. The van der Waals surface area contributed by atoms with E-state index in [1.54, 1.807) is 12.5 Å². The van der Waals surface area contributed by atoms with E-state index in [2.05, 4.69) is 25.3 Å². The number of fused-ring (bicyclic) bond motifs is 2. The van der Waals surface area contributed by atoms with E-state index in [4.69, 9.17) is 4.74 Å². The number of aromatic amines is 1. The Morgan fingerprint density at radius 2 is 1.93 bits per heavy atom. The molecule has 1 saturated carbocycles. The van der Waals surface area contributed by atoms with E-state index in [0.29, 0.717) is 5.95 Å². The Kier molecular flexibility index (Phi) is 4.29. The number of anilines is 2. The number of hydrogen-bond donors (Lipinski definition) is 3. The van der Waals surface area contributed by atoms with Crippen molar-refractivity contribution in [2.45, 2.75) is 37.9 Å². The summed E-state index contributed by atoms with van der Waals surface area (Å²) in [5, 5.41) is 13.8. The summed E-state index contributed by atoms with van der Waals surface area (Å²) in [4.78, 5) is 16.4. The summed E-state index contributed by atoms with van der Waals surface area (Å²) in [6.07, 6.45) is 6.74. The molecule has 7 heteroatoms. The predicted octanol–water partition coefficient (Wildman–Crippen LogP) is 3.93. The lowest BCUT2D eigenvalue weighted by molar-refractivity contribution is 0.0673. The summed E-state index contributed by atoms with van der Waals surface area (Å²) in [5.41, 5.74) is 3.60. The highest BCUT2D eigenvalue weighted by molar-refractivity contribution is 5.85. The Bertz CT molecular complexity index is 1120. The number of H-pyrrole nitrogens is 1. The van der Waals surface area contributed by atoms with Gasteiger partial charge in [0.25, 0.3) is 0 Å². The van der Waals surface area contributed by atoms with E-state index in [9.17, 15) is 5.11 Å². The second kappa shape index (κ2) is 7.09. The average molecular weight is 375 g/mol. The fourth-order valence-electron chi connectivity index (χ4n) is 3.68. The summed E-state index contributed by atoms with van der Waals surface area (Å²) in [5.74, 6) is 1.33. The molecule has 0 saturated heterocycles. The van der Waals surface area contributed by atoms with Crippen molar-refractivity contribution in [2.24, 2.45) is 0 Å². The van der Waals surface area contributed by atoms with E-state index in [0.717, 1.165) is 59.1 Å². The lowest BCUT2D eigenvalue weighted by Gasteiger charge is -2.26. The second-order valence-corrected chi connectivity index (χ2v) is 7.19. The number of imidazole rings is 1. The van der Waals surface area contributed by atoms with Crippen molar-refractivity contribution in [3.05, 3.63) is 48.9 Å². The van der Waals surface area contributed by atoms with E-state index >= 15 is 0 Å².